The van der Waals surface area contributed by atoms with E-state index in [-0.39, 0.29) is 4.90 Å². The maximum atomic E-state index is 11.0. The molecule has 2 rings (SSSR count). The summed E-state index contributed by atoms with van der Waals surface area (Å²) in [6, 6.07) is 6.08. The first-order chi connectivity index (χ1) is 7.47. The van der Waals surface area contributed by atoms with Crippen molar-refractivity contribution < 1.29 is 8.42 Å². The van der Waals surface area contributed by atoms with Gasteiger partial charge in [0.1, 0.15) is 6.33 Å². The number of aryl methyl sites for hydroxylation is 1. The summed E-state index contributed by atoms with van der Waals surface area (Å²) in [6.45, 7) is 0. The van der Waals surface area contributed by atoms with Gasteiger partial charge in [-0.15, -0.1) is 0 Å². The lowest BCUT2D eigenvalue weighted by molar-refractivity contribution is 0.609. The summed E-state index contributed by atoms with van der Waals surface area (Å²) >= 11 is 0. The van der Waals surface area contributed by atoms with Crippen LogP contribution in [0.25, 0.3) is 11.4 Å². The highest BCUT2D eigenvalue weighted by atomic mass is 35.7. The molecule has 1 aromatic heterocycles. The van der Waals surface area contributed by atoms with Crippen LogP contribution in [0.15, 0.2) is 35.5 Å². The van der Waals surface area contributed by atoms with Crippen LogP contribution in [0.1, 0.15) is 0 Å². The van der Waals surface area contributed by atoms with Crippen LogP contribution in [-0.2, 0) is 16.1 Å². The molecule has 0 radical (unpaired) electrons. The molecule has 16 heavy (non-hydrogen) atoms. The van der Waals surface area contributed by atoms with E-state index in [9.17, 15) is 8.42 Å². The lowest BCUT2D eigenvalue weighted by atomic mass is 10.2. The van der Waals surface area contributed by atoms with Gasteiger partial charge in [0.05, 0.1) is 4.90 Å². The maximum Gasteiger partial charge on any atom is 0.261 e. The van der Waals surface area contributed by atoms with Crippen molar-refractivity contribution in [2.75, 3.05) is 0 Å². The lowest BCUT2D eigenvalue weighted by Gasteiger charge is -1.97. The largest absolute Gasteiger partial charge is 0.261 e. The quantitative estimate of drug-likeness (QED) is 0.763. The highest BCUT2D eigenvalue weighted by Gasteiger charge is 2.10. The standard InChI is InChI=1S/C9H8ClN3O2S/c1-13-6-11-9(12-13)7-2-4-8(5-3-7)16(10,14)15/h2-6H,1H3. The van der Waals surface area contributed by atoms with Crippen LogP contribution in [0, 0.1) is 0 Å². The first-order valence-corrected chi connectivity index (χ1v) is 6.68. The Labute approximate surface area is 97.1 Å². The number of hydrogen-bond donors (Lipinski definition) is 0. The molecule has 0 spiro atoms. The summed E-state index contributed by atoms with van der Waals surface area (Å²) in [5, 5.41) is 4.10. The van der Waals surface area contributed by atoms with Crippen molar-refractivity contribution in [2.24, 2.45) is 7.05 Å². The van der Waals surface area contributed by atoms with E-state index in [2.05, 4.69) is 10.1 Å². The average molecular weight is 258 g/mol. The zero-order valence-corrected chi connectivity index (χ0v) is 9.90. The number of benzene rings is 1. The summed E-state index contributed by atoms with van der Waals surface area (Å²) in [7, 11) is 3.29. The summed E-state index contributed by atoms with van der Waals surface area (Å²) in [4.78, 5) is 4.11. The third kappa shape index (κ3) is 2.23. The maximum absolute atomic E-state index is 11.0. The lowest BCUT2D eigenvalue weighted by Crippen LogP contribution is -1.91. The van der Waals surface area contributed by atoms with Gasteiger partial charge in [0.25, 0.3) is 9.05 Å². The van der Waals surface area contributed by atoms with Crippen LogP contribution in [0.2, 0.25) is 0 Å². The van der Waals surface area contributed by atoms with Gasteiger partial charge in [-0.3, -0.25) is 4.68 Å². The van der Waals surface area contributed by atoms with E-state index < -0.39 is 9.05 Å². The van der Waals surface area contributed by atoms with Crippen molar-refractivity contribution in [1.29, 1.82) is 0 Å². The predicted octanol–water partition coefficient (Wildman–Crippen LogP) is 1.41. The van der Waals surface area contributed by atoms with E-state index in [0.717, 1.165) is 5.56 Å². The second kappa shape index (κ2) is 3.88. The van der Waals surface area contributed by atoms with Crippen molar-refractivity contribution in [2.45, 2.75) is 4.90 Å². The summed E-state index contributed by atoms with van der Waals surface area (Å²) in [5.41, 5.74) is 0.740. The van der Waals surface area contributed by atoms with Crippen molar-refractivity contribution in [3.8, 4) is 11.4 Å². The van der Waals surface area contributed by atoms with Crippen LogP contribution < -0.4 is 0 Å². The molecule has 1 aromatic carbocycles. The smallest absolute Gasteiger partial charge is 0.255 e. The third-order valence-corrected chi connectivity index (χ3v) is 3.36. The molecule has 84 valence electrons. The zero-order valence-electron chi connectivity index (χ0n) is 8.33. The van der Waals surface area contributed by atoms with Crippen molar-refractivity contribution in [1.82, 2.24) is 14.8 Å². The molecule has 0 aliphatic rings. The van der Waals surface area contributed by atoms with Crippen molar-refractivity contribution in [3.05, 3.63) is 30.6 Å². The van der Waals surface area contributed by atoms with Gasteiger partial charge < -0.3 is 0 Å². The number of halogens is 1. The summed E-state index contributed by atoms with van der Waals surface area (Å²) < 4.78 is 23.6. The van der Waals surface area contributed by atoms with Gasteiger partial charge in [0.2, 0.25) is 0 Å². The molecule has 0 atom stereocenters. The molecule has 0 unspecified atom stereocenters. The van der Waals surface area contributed by atoms with Gasteiger partial charge >= 0.3 is 0 Å². The Morgan fingerprint density at radius 2 is 1.88 bits per heavy atom. The molecule has 2 aromatic rings. The van der Waals surface area contributed by atoms with E-state index in [4.69, 9.17) is 10.7 Å². The van der Waals surface area contributed by atoms with Crippen LogP contribution in [0.4, 0.5) is 0 Å². The first kappa shape index (κ1) is 11.1. The Morgan fingerprint density at radius 1 is 1.25 bits per heavy atom. The van der Waals surface area contributed by atoms with Gasteiger partial charge in [-0.25, -0.2) is 13.4 Å². The molecule has 0 amide bonds. The van der Waals surface area contributed by atoms with Gasteiger partial charge in [-0.05, 0) is 24.3 Å². The highest BCUT2D eigenvalue weighted by Crippen LogP contribution is 2.19. The molecule has 0 saturated carbocycles. The number of nitrogens with zero attached hydrogens (tertiary/aromatic N) is 3. The van der Waals surface area contributed by atoms with Crippen LogP contribution in [0.5, 0.6) is 0 Å². The van der Waals surface area contributed by atoms with Gasteiger partial charge in [-0.1, -0.05) is 0 Å². The molecule has 5 nitrogen and oxygen atoms in total. The van der Waals surface area contributed by atoms with E-state index in [0.29, 0.717) is 5.82 Å². The molecule has 0 bridgehead atoms. The molecule has 1 heterocycles. The van der Waals surface area contributed by atoms with Gasteiger partial charge in [-0.2, -0.15) is 5.10 Å². The average Bonchev–Trinajstić information content (AvgIpc) is 2.64. The number of hydrogen-bond acceptors (Lipinski definition) is 4. The van der Waals surface area contributed by atoms with E-state index in [1.54, 1.807) is 30.2 Å². The van der Waals surface area contributed by atoms with Crippen LogP contribution in [-0.4, -0.2) is 23.2 Å². The predicted molar refractivity (Wildman–Crippen MR) is 59.5 cm³/mol. The minimum atomic E-state index is -3.67. The third-order valence-electron chi connectivity index (χ3n) is 1.99. The zero-order chi connectivity index (χ0) is 11.8. The normalized spacial score (nSPS) is 11.6. The van der Waals surface area contributed by atoms with E-state index in [1.165, 1.54) is 12.1 Å². The fraction of sp³-hybridized carbons (Fsp3) is 0.111. The van der Waals surface area contributed by atoms with Crippen LogP contribution in [0.3, 0.4) is 0 Å². The van der Waals surface area contributed by atoms with Gasteiger partial charge in [0, 0.05) is 23.3 Å². The Balaban J connectivity index is 2.40. The minimum Gasteiger partial charge on any atom is -0.255 e. The van der Waals surface area contributed by atoms with Crippen LogP contribution >= 0.6 is 10.7 Å². The van der Waals surface area contributed by atoms with Crippen molar-refractivity contribution in [3.63, 3.8) is 0 Å². The molecule has 0 aliphatic carbocycles. The topological polar surface area (TPSA) is 64.8 Å². The molecular formula is C9H8ClN3O2S. The Hall–Kier alpha value is -1.40. The molecule has 0 aliphatic heterocycles. The summed E-state index contributed by atoms with van der Waals surface area (Å²) in [5.74, 6) is 0.543. The minimum absolute atomic E-state index is 0.0637. The fourth-order valence-electron chi connectivity index (χ4n) is 1.24. The second-order valence-corrected chi connectivity index (χ2v) is 5.77. The summed E-state index contributed by atoms with van der Waals surface area (Å²) in [6.07, 6.45) is 1.57. The highest BCUT2D eigenvalue weighted by molar-refractivity contribution is 8.13. The molecule has 0 saturated heterocycles. The first-order valence-electron chi connectivity index (χ1n) is 4.37. The Morgan fingerprint density at radius 3 is 2.31 bits per heavy atom. The molecule has 0 N–H and O–H groups in total. The molecular weight excluding hydrogens is 250 g/mol. The second-order valence-electron chi connectivity index (χ2n) is 3.20. The Kier molecular flexibility index (Phi) is 2.69. The van der Waals surface area contributed by atoms with Gasteiger partial charge in [0.15, 0.2) is 5.82 Å². The van der Waals surface area contributed by atoms with E-state index in [1.807, 2.05) is 0 Å². The fourth-order valence-corrected chi connectivity index (χ4v) is 2.01. The van der Waals surface area contributed by atoms with E-state index >= 15 is 0 Å². The monoisotopic (exact) mass is 257 g/mol. The molecule has 7 heteroatoms. The number of rotatable bonds is 2. The molecule has 0 fully saturated rings. The number of aromatic nitrogens is 3. The Bertz CT molecular complexity index is 604. The SMILES string of the molecule is Cn1cnc(-c2ccc(S(=O)(=O)Cl)cc2)n1. The van der Waals surface area contributed by atoms with Crippen molar-refractivity contribution >= 4 is 19.7 Å².